The molecule has 0 aromatic carbocycles. The van der Waals surface area contributed by atoms with Gasteiger partial charge in [-0.05, 0) is 25.7 Å². The molecule has 3 heteroatoms. The molecule has 0 amide bonds. The topological polar surface area (TPSA) is 43.4 Å². The predicted octanol–water partition coefficient (Wildman–Crippen LogP) is 2.56. The minimum absolute atomic E-state index is 0.209. The highest BCUT2D eigenvalue weighted by Gasteiger charge is 2.61. The molecule has 94 valence electrons. The minimum atomic E-state index is -0.716. The Morgan fingerprint density at radius 2 is 1.00 bits per heavy atom. The number of hydrogen-bond acceptors (Lipinski definition) is 3. The normalized spacial score (nSPS) is 31.3. The van der Waals surface area contributed by atoms with Crippen molar-refractivity contribution in [2.24, 2.45) is 0 Å². The molecule has 3 nitrogen and oxygen atoms in total. The van der Waals surface area contributed by atoms with Crippen LogP contribution in [0.5, 0.6) is 0 Å². The predicted molar refractivity (Wildman–Crippen MR) is 62.7 cm³/mol. The summed E-state index contributed by atoms with van der Waals surface area (Å²) in [5.41, 5.74) is -1.43. The molecule has 17 heavy (non-hydrogen) atoms. The van der Waals surface area contributed by atoms with E-state index in [0.29, 0.717) is 0 Å². The van der Waals surface area contributed by atoms with Crippen LogP contribution < -0.4 is 0 Å². The van der Waals surface area contributed by atoms with Gasteiger partial charge in [-0.1, -0.05) is 38.5 Å². The molecule has 1 saturated heterocycles. The lowest BCUT2D eigenvalue weighted by Gasteiger charge is -2.36. The van der Waals surface area contributed by atoms with E-state index in [2.05, 4.69) is 0 Å². The van der Waals surface area contributed by atoms with Gasteiger partial charge >= 0.3 is 0 Å². The second-order valence-corrected chi connectivity index (χ2v) is 5.87. The Bertz CT molecular complexity index is 312. The molecule has 2 saturated carbocycles. The first-order chi connectivity index (χ1) is 8.19. The summed E-state index contributed by atoms with van der Waals surface area (Å²) in [6.45, 7) is 0. The molecule has 3 fully saturated rings. The van der Waals surface area contributed by atoms with Gasteiger partial charge in [-0.15, -0.1) is 0 Å². The van der Waals surface area contributed by atoms with Crippen LogP contribution in [0.3, 0.4) is 0 Å². The highest BCUT2D eigenvalue weighted by molar-refractivity contribution is 6.45. The number of rotatable bonds is 0. The van der Waals surface area contributed by atoms with Crippen molar-refractivity contribution in [1.29, 1.82) is 0 Å². The Labute approximate surface area is 102 Å². The first-order valence-corrected chi connectivity index (χ1v) is 6.98. The molecule has 1 heterocycles. The quantitative estimate of drug-likeness (QED) is 0.607. The molecule has 3 rings (SSSR count). The van der Waals surface area contributed by atoms with Crippen molar-refractivity contribution in [2.45, 2.75) is 75.4 Å². The lowest BCUT2D eigenvalue weighted by Crippen LogP contribution is -2.41. The van der Waals surface area contributed by atoms with Crippen LogP contribution in [0.1, 0.15) is 64.2 Å². The fourth-order valence-electron chi connectivity index (χ4n) is 3.78. The van der Waals surface area contributed by atoms with Gasteiger partial charge in [0.25, 0.3) is 0 Å². The van der Waals surface area contributed by atoms with Crippen LogP contribution in [0, 0.1) is 0 Å². The molecule has 2 spiro atoms. The highest BCUT2D eigenvalue weighted by atomic mass is 16.5. The maximum absolute atomic E-state index is 12.3. The SMILES string of the molecule is O=C1C(=O)C2(CCCCC2)OC12CCCCC2. The standard InChI is InChI=1S/C14H20O3/c15-11-12(16)14(9-5-2-6-10-14)17-13(11)7-3-1-4-8-13/h1-10H2. The van der Waals surface area contributed by atoms with Crippen molar-refractivity contribution in [3.05, 3.63) is 0 Å². The minimum Gasteiger partial charge on any atom is -0.352 e. The van der Waals surface area contributed by atoms with Crippen LogP contribution in [0.2, 0.25) is 0 Å². The first kappa shape index (κ1) is 11.4. The van der Waals surface area contributed by atoms with Gasteiger partial charge in [-0.2, -0.15) is 0 Å². The molecule has 0 radical (unpaired) electrons. The van der Waals surface area contributed by atoms with Crippen molar-refractivity contribution in [3.8, 4) is 0 Å². The zero-order valence-electron chi connectivity index (χ0n) is 10.3. The summed E-state index contributed by atoms with van der Waals surface area (Å²) in [6.07, 6.45) is 9.48. The van der Waals surface area contributed by atoms with Gasteiger partial charge < -0.3 is 4.74 Å². The molecule has 0 atom stereocenters. The van der Waals surface area contributed by atoms with Crippen LogP contribution in [-0.4, -0.2) is 22.8 Å². The third-order valence-corrected chi connectivity index (χ3v) is 4.75. The van der Waals surface area contributed by atoms with Crippen molar-refractivity contribution in [3.63, 3.8) is 0 Å². The largest absolute Gasteiger partial charge is 0.352 e. The Kier molecular flexibility index (Phi) is 2.62. The summed E-state index contributed by atoms with van der Waals surface area (Å²) < 4.78 is 6.14. The molecular formula is C14H20O3. The summed E-state index contributed by atoms with van der Waals surface area (Å²) in [7, 11) is 0. The number of Topliss-reactive ketones (excluding diaryl/α,β-unsaturated/α-hetero) is 2. The molecule has 0 unspecified atom stereocenters. The number of ketones is 2. The van der Waals surface area contributed by atoms with E-state index >= 15 is 0 Å². The average Bonchev–Trinajstić information content (AvgIpc) is 2.55. The van der Waals surface area contributed by atoms with E-state index < -0.39 is 11.2 Å². The van der Waals surface area contributed by atoms with Crippen LogP contribution in [0.15, 0.2) is 0 Å². The fraction of sp³-hybridized carbons (Fsp3) is 0.857. The Morgan fingerprint density at radius 3 is 1.35 bits per heavy atom. The van der Waals surface area contributed by atoms with Gasteiger partial charge in [-0.3, -0.25) is 9.59 Å². The van der Waals surface area contributed by atoms with E-state index in [1.54, 1.807) is 0 Å². The second kappa shape index (κ2) is 3.91. The monoisotopic (exact) mass is 236 g/mol. The number of ether oxygens (including phenoxy) is 1. The van der Waals surface area contributed by atoms with Crippen LogP contribution in [0.4, 0.5) is 0 Å². The van der Waals surface area contributed by atoms with Crippen molar-refractivity contribution < 1.29 is 14.3 Å². The lowest BCUT2D eigenvalue weighted by atomic mass is 9.78. The summed E-state index contributed by atoms with van der Waals surface area (Å²) in [5.74, 6) is -0.418. The zero-order valence-corrected chi connectivity index (χ0v) is 10.3. The van der Waals surface area contributed by atoms with E-state index in [1.165, 1.54) is 12.8 Å². The summed E-state index contributed by atoms with van der Waals surface area (Å²) >= 11 is 0. The van der Waals surface area contributed by atoms with Crippen molar-refractivity contribution >= 4 is 11.6 Å². The molecule has 3 aliphatic rings. The summed E-state index contributed by atoms with van der Waals surface area (Å²) in [4.78, 5) is 24.6. The molecule has 0 aromatic heterocycles. The molecule has 0 N–H and O–H groups in total. The van der Waals surface area contributed by atoms with Crippen LogP contribution >= 0.6 is 0 Å². The van der Waals surface area contributed by atoms with E-state index in [1.807, 2.05) is 0 Å². The average molecular weight is 236 g/mol. The van der Waals surface area contributed by atoms with Gasteiger partial charge in [0.2, 0.25) is 11.6 Å². The van der Waals surface area contributed by atoms with E-state index in [0.717, 1.165) is 51.4 Å². The summed E-state index contributed by atoms with van der Waals surface area (Å²) in [5, 5.41) is 0. The Morgan fingerprint density at radius 1 is 0.647 bits per heavy atom. The van der Waals surface area contributed by atoms with Gasteiger partial charge in [0.15, 0.2) is 0 Å². The summed E-state index contributed by atoms with van der Waals surface area (Å²) in [6, 6.07) is 0. The van der Waals surface area contributed by atoms with Crippen LogP contribution in [-0.2, 0) is 14.3 Å². The van der Waals surface area contributed by atoms with Gasteiger partial charge in [0.1, 0.15) is 11.2 Å². The maximum Gasteiger partial charge on any atom is 0.233 e. The molecule has 2 aliphatic carbocycles. The molecule has 0 bridgehead atoms. The number of carbonyl (C=O) groups is 2. The molecule has 0 aromatic rings. The number of carbonyl (C=O) groups excluding carboxylic acids is 2. The number of hydrogen-bond donors (Lipinski definition) is 0. The van der Waals surface area contributed by atoms with Crippen molar-refractivity contribution in [2.75, 3.05) is 0 Å². The van der Waals surface area contributed by atoms with E-state index in [-0.39, 0.29) is 11.6 Å². The smallest absolute Gasteiger partial charge is 0.233 e. The zero-order chi connectivity index (χ0) is 11.9. The Balaban J connectivity index is 1.90. The fourth-order valence-corrected chi connectivity index (χ4v) is 3.78. The third kappa shape index (κ3) is 1.59. The van der Waals surface area contributed by atoms with Crippen LogP contribution in [0.25, 0.3) is 0 Å². The van der Waals surface area contributed by atoms with Crippen molar-refractivity contribution in [1.82, 2.24) is 0 Å². The molecular weight excluding hydrogens is 216 g/mol. The third-order valence-electron chi connectivity index (χ3n) is 4.75. The van der Waals surface area contributed by atoms with E-state index in [4.69, 9.17) is 4.74 Å². The maximum atomic E-state index is 12.3. The van der Waals surface area contributed by atoms with Gasteiger partial charge in [0, 0.05) is 0 Å². The lowest BCUT2D eigenvalue weighted by molar-refractivity contribution is -0.155. The molecule has 1 aliphatic heterocycles. The Hall–Kier alpha value is -0.700. The van der Waals surface area contributed by atoms with Gasteiger partial charge in [-0.25, -0.2) is 0 Å². The van der Waals surface area contributed by atoms with Gasteiger partial charge in [0.05, 0.1) is 0 Å². The first-order valence-electron chi connectivity index (χ1n) is 6.98. The van der Waals surface area contributed by atoms with E-state index in [9.17, 15) is 9.59 Å². The highest BCUT2D eigenvalue weighted by Crippen LogP contribution is 2.47. The second-order valence-electron chi connectivity index (χ2n) is 5.87.